The molecular formula is C20H27N3O5. The maximum absolute atomic E-state index is 12.6. The highest BCUT2D eigenvalue weighted by atomic mass is 16.5. The minimum atomic E-state index is -0.391. The minimum Gasteiger partial charge on any atom is -0.490 e. The first kappa shape index (κ1) is 20.0. The van der Waals surface area contributed by atoms with E-state index in [2.05, 4.69) is 5.32 Å². The van der Waals surface area contributed by atoms with Crippen LogP contribution in [0.15, 0.2) is 18.2 Å². The summed E-state index contributed by atoms with van der Waals surface area (Å²) in [6.07, 6.45) is 1.52. The van der Waals surface area contributed by atoms with Gasteiger partial charge in [-0.2, -0.15) is 0 Å². The van der Waals surface area contributed by atoms with E-state index < -0.39 is 5.97 Å². The molecule has 8 nitrogen and oxygen atoms in total. The molecule has 0 unspecified atom stereocenters. The number of ether oxygens (including phenoxy) is 2. The molecule has 1 aromatic carbocycles. The van der Waals surface area contributed by atoms with Gasteiger partial charge in [-0.3, -0.25) is 9.59 Å². The minimum absolute atomic E-state index is 0.0735. The van der Waals surface area contributed by atoms with Crippen molar-refractivity contribution in [1.29, 1.82) is 0 Å². The van der Waals surface area contributed by atoms with Gasteiger partial charge in [-0.1, -0.05) is 0 Å². The second kappa shape index (κ2) is 8.95. The standard InChI is InChI=1S/C20H27N3O5/c1-3-27-20(26)15-4-5-18-17(12-15)23(10-11-28-18)13-19(25)21-16-6-8-22(9-7-16)14(2)24/h4-5,12,16H,3,6-11,13H2,1-2H3,(H,21,25). The van der Waals surface area contributed by atoms with Crippen LogP contribution in [-0.4, -0.2) is 68.1 Å². The van der Waals surface area contributed by atoms with Crippen LogP contribution < -0.4 is 15.0 Å². The zero-order chi connectivity index (χ0) is 20.1. The highest BCUT2D eigenvalue weighted by molar-refractivity contribution is 5.92. The molecule has 1 N–H and O–H groups in total. The molecule has 8 heteroatoms. The van der Waals surface area contributed by atoms with Crippen molar-refractivity contribution >= 4 is 23.5 Å². The number of rotatable bonds is 5. The Kier molecular flexibility index (Phi) is 6.38. The van der Waals surface area contributed by atoms with Crippen molar-refractivity contribution in [2.24, 2.45) is 0 Å². The average molecular weight is 389 g/mol. The summed E-state index contributed by atoms with van der Waals surface area (Å²) in [5.74, 6) is 0.266. The Balaban J connectivity index is 1.61. The lowest BCUT2D eigenvalue weighted by atomic mass is 10.0. The SMILES string of the molecule is CCOC(=O)c1ccc2c(c1)N(CC(=O)NC1CCN(C(C)=O)CC1)CCO2. The Hall–Kier alpha value is -2.77. The molecule has 152 valence electrons. The zero-order valence-corrected chi connectivity index (χ0v) is 16.4. The molecule has 2 heterocycles. The predicted molar refractivity (Wildman–Crippen MR) is 104 cm³/mol. The average Bonchev–Trinajstić information content (AvgIpc) is 2.68. The van der Waals surface area contributed by atoms with Gasteiger partial charge in [-0.25, -0.2) is 4.79 Å². The monoisotopic (exact) mass is 389 g/mol. The van der Waals surface area contributed by atoms with E-state index in [4.69, 9.17) is 9.47 Å². The Morgan fingerprint density at radius 3 is 2.64 bits per heavy atom. The molecule has 1 fully saturated rings. The smallest absolute Gasteiger partial charge is 0.338 e. The molecule has 0 aromatic heterocycles. The van der Waals surface area contributed by atoms with Crippen LogP contribution in [0.5, 0.6) is 5.75 Å². The first-order valence-electron chi connectivity index (χ1n) is 9.71. The lowest BCUT2D eigenvalue weighted by Gasteiger charge is -2.34. The Morgan fingerprint density at radius 2 is 1.96 bits per heavy atom. The van der Waals surface area contributed by atoms with Gasteiger partial charge < -0.3 is 24.6 Å². The number of hydrogen-bond donors (Lipinski definition) is 1. The van der Waals surface area contributed by atoms with Crippen LogP contribution in [0.1, 0.15) is 37.0 Å². The summed E-state index contributed by atoms with van der Waals surface area (Å²) in [5, 5.41) is 3.06. The summed E-state index contributed by atoms with van der Waals surface area (Å²) in [6, 6.07) is 5.20. The van der Waals surface area contributed by atoms with Gasteiger partial charge in [0.15, 0.2) is 0 Å². The van der Waals surface area contributed by atoms with Gasteiger partial charge in [0.05, 0.1) is 30.9 Å². The Labute approximate surface area is 164 Å². The molecule has 0 radical (unpaired) electrons. The molecule has 2 aliphatic rings. The molecule has 1 aromatic rings. The van der Waals surface area contributed by atoms with Crippen LogP contribution in [0.4, 0.5) is 5.69 Å². The van der Waals surface area contributed by atoms with Crippen molar-refractivity contribution in [3.8, 4) is 5.75 Å². The molecule has 0 saturated carbocycles. The number of fused-ring (bicyclic) bond motifs is 1. The largest absolute Gasteiger partial charge is 0.490 e. The third-order valence-corrected chi connectivity index (χ3v) is 5.07. The summed E-state index contributed by atoms with van der Waals surface area (Å²) in [6.45, 7) is 6.21. The number of anilines is 1. The number of piperidine rings is 1. The van der Waals surface area contributed by atoms with Crippen molar-refractivity contribution < 1.29 is 23.9 Å². The van der Waals surface area contributed by atoms with Gasteiger partial charge in [0, 0.05) is 26.1 Å². The number of carbonyl (C=O) groups excluding carboxylic acids is 3. The van der Waals surface area contributed by atoms with E-state index in [0.29, 0.717) is 44.2 Å². The first-order valence-corrected chi connectivity index (χ1v) is 9.71. The number of esters is 1. The summed E-state index contributed by atoms with van der Waals surface area (Å²) >= 11 is 0. The van der Waals surface area contributed by atoms with E-state index in [9.17, 15) is 14.4 Å². The Bertz CT molecular complexity index is 743. The summed E-state index contributed by atoms with van der Waals surface area (Å²) in [7, 11) is 0. The van der Waals surface area contributed by atoms with Gasteiger partial charge >= 0.3 is 5.97 Å². The number of nitrogens with zero attached hydrogens (tertiary/aromatic N) is 2. The van der Waals surface area contributed by atoms with E-state index >= 15 is 0 Å². The number of likely N-dealkylation sites (tertiary alicyclic amines) is 1. The summed E-state index contributed by atoms with van der Waals surface area (Å²) in [5.41, 5.74) is 1.16. The van der Waals surface area contributed by atoms with E-state index in [-0.39, 0.29) is 24.4 Å². The second-order valence-corrected chi connectivity index (χ2v) is 7.02. The van der Waals surface area contributed by atoms with Crippen LogP contribution in [0, 0.1) is 0 Å². The van der Waals surface area contributed by atoms with Crippen LogP contribution in [0.3, 0.4) is 0 Å². The fraction of sp³-hybridized carbons (Fsp3) is 0.550. The third kappa shape index (κ3) is 4.74. The Morgan fingerprint density at radius 1 is 1.21 bits per heavy atom. The van der Waals surface area contributed by atoms with Crippen molar-refractivity contribution in [3.63, 3.8) is 0 Å². The fourth-order valence-electron chi connectivity index (χ4n) is 3.56. The molecule has 0 aliphatic carbocycles. The van der Waals surface area contributed by atoms with Crippen LogP contribution >= 0.6 is 0 Å². The molecule has 3 rings (SSSR count). The quantitative estimate of drug-likeness (QED) is 0.761. The normalized spacial score (nSPS) is 16.8. The lowest BCUT2D eigenvalue weighted by molar-refractivity contribution is -0.130. The third-order valence-electron chi connectivity index (χ3n) is 5.07. The van der Waals surface area contributed by atoms with Crippen molar-refractivity contribution in [1.82, 2.24) is 10.2 Å². The topological polar surface area (TPSA) is 88.2 Å². The summed E-state index contributed by atoms with van der Waals surface area (Å²) in [4.78, 5) is 39.7. The number of amides is 2. The van der Waals surface area contributed by atoms with Gasteiger partial charge in [0.2, 0.25) is 11.8 Å². The molecule has 1 saturated heterocycles. The van der Waals surface area contributed by atoms with Crippen molar-refractivity contribution in [3.05, 3.63) is 23.8 Å². The molecule has 28 heavy (non-hydrogen) atoms. The van der Waals surface area contributed by atoms with Crippen molar-refractivity contribution in [2.45, 2.75) is 32.7 Å². The van der Waals surface area contributed by atoms with Crippen molar-refractivity contribution in [2.75, 3.05) is 44.3 Å². The fourth-order valence-corrected chi connectivity index (χ4v) is 3.56. The number of carbonyl (C=O) groups is 3. The molecule has 0 spiro atoms. The maximum atomic E-state index is 12.6. The lowest BCUT2D eigenvalue weighted by Crippen LogP contribution is -2.49. The maximum Gasteiger partial charge on any atom is 0.338 e. The molecule has 0 atom stereocenters. The molecule has 2 aliphatic heterocycles. The number of nitrogens with one attached hydrogen (secondary N) is 1. The zero-order valence-electron chi connectivity index (χ0n) is 16.4. The van der Waals surface area contributed by atoms with Gasteiger partial charge in [0.1, 0.15) is 12.4 Å². The van der Waals surface area contributed by atoms with Gasteiger partial charge in [-0.15, -0.1) is 0 Å². The molecular weight excluding hydrogens is 362 g/mol. The van der Waals surface area contributed by atoms with Crippen LogP contribution in [-0.2, 0) is 14.3 Å². The van der Waals surface area contributed by atoms with E-state index in [1.807, 2.05) is 4.90 Å². The number of hydrogen-bond acceptors (Lipinski definition) is 6. The highest BCUT2D eigenvalue weighted by Gasteiger charge is 2.25. The van der Waals surface area contributed by atoms with E-state index in [1.54, 1.807) is 36.9 Å². The van der Waals surface area contributed by atoms with Gasteiger partial charge in [0.25, 0.3) is 0 Å². The van der Waals surface area contributed by atoms with E-state index in [0.717, 1.165) is 18.5 Å². The van der Waals surface area contributed by atoms with Gasteiger partial charge in [-0.05, 0) is 38.0 Å². The molecule has 0 bridgehead atoms. The number of benzene rings is 1. The van der Waals surface area contributed by atoms with Crippen LogP contribution in [0.2, 0.25) is 0 Å². The highest BCUT2D eigenvalue weighted by Crippen LogP contribution is 2.32. The first-order chi connectivity index (χ1) is 13.5. The second-order valence-electron chi connectivity index (χ2n) is 7.02. The predicted octanol–water partition coefficient (Wildman–Crippen LogP) is 1.19. The molecule has 2 amide bonds. The summed E-state index contributed by atoms with van der Waals surface area (Å²) < 4.78 is 10.7. The van der Waals surface area contributed by atoms with E-state index in [1.165, 1.54) is 0 Å². The van der Waals surface area contributed by atoms with Crippen LogP contribution in [0.25, 0.3) is 0 Å².